The van der Waals surface area contributed by atoms with Gasteiger partial charge in [0, 0.05) is 18.3 Å². The van der Waals surface area contributed by atoms with Crippen molar-refractivity contribution in [3.05, 3.63) is 71.9 Å². The van der Waals surface area contributed by atoms with Gasteiger partial charge < -0.3 is 10.6 Å². The van der Waals surface area contributed by atoms with Crippen LogP contribution in [0.3, 0.4) is 0 Å². The number of carbonyl (C=O) groups excluding carboxylic acids is 2. The Morgan fingerprint density at radius 1 is 1.07 bits per heavy atom. The summed E-state index contributed by atoms with van der Waals surface area (Å²) < 4.78 is 1.69. The van der Waals surface area contributed by atoms with Gasteiger partial charge in [0.05, 0.1) is 11.3 Å². The first-order chi connectivity index (χ1) is 13.5. The van der Waals surface area contributed by atoms with Crippen LogP contribution in [-0.2, 0) is 4.79 Å². The van der Waals surface area contributed by atoms with Crippen molar-refractivity contribution in [3.63, 3.8) is 0 Å². The molecule has 0 saturated carbocycles. The number of amides is 2. The fraction of sp³-hybridized carbons (Fsp3) is 0.227. The lowest BCUT2D eigenvalue weighted by Crippen LogP contribution is -2.44. The lowest BCUT2D eigenvalue weighted by atomic mass is 10.0. The van der Waals surface area contributed by atoms with Crippen LogP contribution >= 0.6 is 0 Å². The minimum atomic E-state index is -0.641. The molecule has 1 aromatic heterocycles. The van der Waals surface area contributed by atoms with Crippen LogP contribution in [0.1, 0.15) is 29.8 Å². The second-order valence-electron chi connectivity index (χ2n) is 6.58. The van der Waals surface area contributed by atoms with Crippen molar-refractivity contribution in [2.45, 2.75) is 26.8 Å². The second kappa shape index (κ2) is 8.52. The summed E-state index contributed by atoms with van der Waals surface area (Å²) >= 11 is 0. The molecule has 0 aliphatic heterocycles. The molecule has 0 spiro atoms. The molecule has 0 saturated heterocycles. The summed E-state index contributed by atoms with van der Waals surface area (Å²) in [4.78, 5) is 25.0. The SMILES string of the molecule is CCNC(=O)[C@@H](C)NC(=O)c1cn(-c2ccccc2)nc1-c1ccccc1C. The van der Waals surface area contributed by atoms with Crippen LogP contribution in [0, 0.1) is 6.92 Å². The van der Waals surface area contributed by atoms with E-state index in [0.29, 0.717) is 17.8 Å². The summed E-state index contributed by atoms with van der Waals surface area (Å²) in [5, 5.41) is 10.2. The third kappa shape index (κ3) is 4.11. The molecule has 0 radical (unpaired) electrons. The highest BCUT2D eigenvalue weighted by atomic mass is 16.2. The maximum Gasteiger partial charge on any atom is 0.255 e. The number of hydrogen-bond donors (Lipinski definition) is 2. The third-order valence-corrected chi connectivity index (χ3v) is 4.47. The molecule has 0 aliphatic carbocycles. The molecule has 0 aliphatic rings. The summed E-state index contributed by atoms with van der Waals surface area (Å²) in [6, 6.07) is 16.8. The third-order valence-electron chi connectivity index (χ3n) is 4.47. The molecule has 6 heteroatoms. The average molecular weight is 376 g/mol. The molecular weight excluding hydrogens is 352 g/mol. The van der Waals surface area contributed by atoms with E-state index in [2.05, 4.69) is 15.7 Å². The summed E-state index contributed by atoms with van der Waals surface area (Å²) in [6.07, 6.45) is 1.71. The van der Waals surface area contributed by atoms with Gasteiger partial charge in [-0.1, -0.05) is 42.5 Å². The minimum Gasteiger partial charge on any atom is -0.355 e. The van der Waals surface area contributed by atoms with E-state index in [1.807, 2.05) is 68.4 Å². The number of nitrogens with one attached hydrogen (secondary N) is 2. The molecule has 2 aromatic carbocycles. The van der Waals surface area contributed by atoms with Crippen LogP contribution in [0.2, 0.25) is 0 Å². The van der Waals surface area contributed by atoms with Crippen LogP contribution in [0.4, 0.5) is 0 Å². The predicted octanol–water partition coefficient (Wildman–Crippen LogP) is 3.10. The van der Waals surface area contributed by atoms with Crippen LogP contribution in [0.25, 0.3) is 16.9 Å². The van der Waals surface area contributed by atoms with Gasteiger partial charge in [0.2, 0.25) is 5.91 Å². The molecule has 0 bridgehead atoms. The van der Waals surface area contributed by atoms with Gasteiger partial charge in [-0.05, 0) is 38.5 Å². The van der Waals surface area contributed by atoms with Crippen molar-refractivity contribution >= 4 is 11.8 Å². The van der Waals surface area contributed by atoms with E-state index in [-0.39, 0.29) is 11.8 Å². The number of nitrogens with zero attached hydrogens (tertiary/aromatic N) is 2. The average Bonchev–Trinajstić information content (AvgIpc) is 3.14. The Morgan fingerprint density at radius 3 is 2.43 bits per heavy atom. The maximum absolute atomic E-state index is 13.0. The number of rotatable bonds is 6. The largest absolute Gasteiger partial charge is 0.355 e. The Balaban J connectivity index is 2.01. The quantitative estimate of drug-likeness (QED) is 0.694. The van der Waals surface area contributed by atoms with Gasteiger partial charge in [-0.2, -0.15) is 5.10 Å². The molecule has 2 N–H and O–H groups in total. The van der Waals surface area contributed by atoms with Crippen LogP contribution in [0.15, 0.2) is 60.8 Å². The lowest BCUT2D eigenvalue weighted by Gasteiger charge is -2.13. The summed E-state index contributed by atoms with van der Waals surface area (Å²) in [7, 11) is 0. The highest BCUT2D eigenvalue weighted by molar-refractivity contribution is 6.02. The Kier molecular flexibility index (Phi) is 5.89. The van der Waals surface area contributed by atoms with Gasteiger partial charge in [-0.25, -0.2) is 4.68 Å². The van der Waals surface area contributed by atoms with Gasteiger partial charge in [0.1, 0.15) is 11.7 Å². The van der Waals surface area contributed by atoms with Crippen LogP contribution in [-0.4, -0.2) is 34.2 Å². The molecular formula is C22H24N4O2. The molecule has 1 heterocycles. The first kappa shape index (κ1) is 19.4. The van der Waals surface area contributed by atoms with Gasteiger partial charge in [-0.3, -0.25) is 9.59 Å². The van der Waals surface area contributed by atoms with Crippen molar-refractivity contribution in [3.8, 4) is 16.9 Å². The number of para-hydroxylation sites is 1. The molecule has 2 amide bonds. The van der Waals surface area contributed by atoms with E-state index >= 15 is 0 Å². The van der Waals surface area contributed by atoms with E-state index in [0.717, 1.165) is 16.8 Å². The van der Waals surface area contributed by atoms with Crippen LogP contribution < -0.4 is 10.6 Å². The summed E-state index contributed by atoms with van der Waals surface area (Å²) in [5.74, 6) is -0.553. The monoisotopic (exact) mass is 376 g/mol. The van der Waals surface area contributed by atoms with Crippen molar-refractivity contribution in [1.82, 2.24) is 20.4 Å². The van der Waals surface area contributed by atoms with Crippen molar-refractivity contribution in [2.75, 3.05) is 6.54 Å². The maximum atomic E-state index is 13.0. The number of likely N-dealkylation sites (N-methyl/N-ethyl adjacent to an activating group) is 1. The predicted molar refractivity (Wildman–Crippen MR) is 109 cm³/mol. The molecule has 1 atom stereocenters. The molecule has 3 aromatic rings. The zero-order chi connectivity index (χ0) is 20.1. The van der Waals surface area contributed by atoms with Gasteiger partial charge >= 0.3 is 0 Å². The smallest absolute Gasteiger partial charge is 0.255 e. The molecule has 6 nitrogen and oxygen atoms in total. The zero-order valence-electron chi connectivity index (χ0n) is 16.3. The minimum absolute atomic E-state index is 0.219. The molecule has 144 valence electrons. The molecule has 0 unspecified atom stereocenters. The van der Waals surface area contributed by atoms with E-state index < -0.39 is 6.04 Å². The van der Waals surface area contributed by atoms with Crippen LogP contribution in [0.5, 0.6) is 0 Å². The van der Waals surface area contributed by atoms with Gasteiger partial charge in [0.25, 0.3) is 5.91 Å². The molecule has 3 rings (SSSR count). The number of carbonyl (C=O) groups is 2. The molecule has 28 heavy (non-hydrogen) atoms. The number of hydrogen-bond acceptors (Lipinski definition) is 3. The van der Waals surface area contributed by atoms with Gasteiger partial charge in [0.15, 0.2) is 0 Å². The topological polar surface area (TPSA) is 76.0 Å². The summed E-state index contributed by atoms with van der Waals surface area (Å²) in [5.41, 5.74) is 3.77. The van der Waals surface area contributed by atoms with Crippen molar-refractivity contribution in [2.24, 2.45) is 0 Å². The summed E-state index contributed by atoms with van der Waals surface area (Å²) in [6.45, 7) is 6.00. The zero-order valence-corrected chi connectivity index (χ0v) is 16.3. The first-order valence-electron chi connectivity index (χ1n) is 9.31. The standard InChI is InChI=1S/C22H24N4O2/c1-4-23-21(27)16(3)24-22(28)19-14-26(17-11-6-5-7-12-17)25-20(19)18-13-9-8-10-15(18)2/h5-14,16H,4H2,1-3H3,(H,23,27)(H,24,28)/t16-/m1/s1. The normalized spacial score (nSPS) is 11.7. The van der Waals surface area contributed by atoms with Gasteiger partial charge in [-0.15, -0.1) is 0 Å². The highest BCUT2D eigenvalue weighted by Gasteiger charge is 2.22. The molecule has 0 fully saturated rings. The van der Waals surface area contributed by atoms with E-state index in [1.165, 1.54) is 0 Å². The Morgan fingerprint density at radius 2 is 1.75 bits per heavy atom. The fourth-order valence-electron chi connectivity index (χ4n) is 2.96. The lowest BCUT2D eigenvalue weighted by molar-refractivity contribution is -0.122. The fourth-order valence-corrected chi connectivity index (χ4v) is 2.96. The van der Waals surface area contributed by atoms with E-state index in [1.54, 1.807) is 17.8 Å². The first-order valence-corrected chi connectivity index (χ1v) is 9.31. The van der Waals surface area contributed by atoms with Crippen molar-refractivity contribution < 1.29 is 9.59 Å². The highest BCUT2D eigenvalue weighted by Crippen LogP contribution is 2.26. The second-order valence-corrected chi connectivity index (χ2v) is 6.58. The Bertz CT molecular complexity index is 979. The number of aryl methyl sites for hydroxylation is 1. The number of aromatic nitrogens is 2. The van der Waals surface area contributed by atoms with E-state index in [9.17, 15) is 9.59 Å². The van der Waals surface area contributed by atoms with Crippen molar-refractivity contribution in [1.29, 1.82) is 0 Å². The number of benzene rings is 2. The van der Waals surface area contributed by atoms with E-state index in [4.69, 9.17) is 0 Å². The Labute approximate surface area is 164 Å². The Hall–Kier alpha value is -3.41.